The highest BCUT2D eigenvalue weighted by Crippen LogP contribution is 2.08. The van der Waals surface area contributed by atoms with Crippen molar-refractivity contribution in [1.82, 2.24) is 15.5 Å². The Kier molecular flexibility index (Phi) is 5.80. The highest BCUT2D eigenvalue weighted by Gasteiger charge is 2.16. The molecule has 1 aliphatic heterocycles. The Balaban J connectivity index is 2.30. The summed E-state index contributed by atoms with van der Waals surface area (Å²) in [5, 5.41) is 6.20. The molecule has 0 atom stereocenters. The molecule has 0 unspecified atom stereocenters. The fourth-order valence-corrected chi connectivity index (χ4v) is 1.88. The summed E-state index contributed by atoms with van der Waals surface area (Å²) in [6.45, 7) is 6.21. The van der Waals surface area contributed by atoms with E-state index in [1.165, 1.54) is 6.42 Å². The molecule has 98 valence electrons. The molecular weight excluding hydrogens is 216 g/mol. The van der Waals surface area contributed by atoms with Crippen LogP contribution in [0.25, 0.3) is 0 Å². The number of aliphatic imine (C=N–C) groups is 1. The number of hydrogen-bond acceptors (Lipinski definition) is 2. The third kappa shape index (κ3) is 5.06. The SMILES string of the molecule is CN=C(NCC(=O)N1CCCCC1)NC(C)C. The van der Waals surface area contributed by atoms with Gasteiger partial charge in [0.25, 0.3) is 0 Å². The lowest BCUT2D eigenvalue weighted by Crippen LogP contribution is -2.47. The van der Waals surface area contributed by atoms with Crippen molar-refractivity contribution in [1.29, 1.82) is 0 Å². The van der Waals surface area contributed by atoms with Crippen LogP contribution in [0.3, 0.4) is 0 Å². The molecule has 1 aliphatic rings. The molecule has 1 heterocycles. The van der Waals surface area contributed by atoms with Gasteiger partial charge < -0.3 is 15.5 Å². The normalized spacial score (nSPS) is 17.2. The lowest BCUT2D eigenvalue weighted by atomic mass is 10.1. The van der Waals surface area contributed by atoms with E-state index in [9.17, 15) is 4.79 Å². The van der Waals surface area contributed by atoms with E-state index in [0.717, 1.165) is 25.9 Å². The fourth-order valence-electron chi connectivity index (χ4n) is 1.88. The van der Waals surface area contributed by atoms with E-state index in [-0.39, 0.29) is 5.91 Å². The van der Waals surface area contributed by atoms with Crippen molar-refractivity contribution in [3.05, 3.63) is 0 Å². The molecule has 0 spiro atoms. The molecular formula is C12H24N4O. The van der Waals surface area contributed by atoms with Crippen molar-refractivity contribution in [2.75, 3.05) is 26.7 Å². The van der Waals surface area contributed by atoms with Crippen LogP contribution in [0.2, 0.25) is 0 Å². The predicted octanol–water partition coefficient (Wildman–Crippen LogP) is 0.572. The fraction of sp³-hybridized carbons (Fsp3) is 0.833. The monoisotopic (exact) mass is 240 g/mol. The minimum absolute atomic E-state index is 0.163. The van der Waals surface area contributed by atoms with E-state index in [4.69, 9.17) is 0 Å². The number of carbonyl (C=O) groups is 1. The molecule has 1 fully saturated rings. The van der Waals surface area contributed by atoms with Crippen molar-refractivity contribution in [2.24, 2.45) is 4.99 Å². The average molecular weight is 240 g/mol. The number of rotatable bonds is 3. The lowest BCUT2D eigenvalue weighted by molar-refractivity contribution is -0.130. The maximum absolute atomic E-state index is 11.9. The van der Waals surface area contributed by atoms with Crippen LogP contribution in [0.5, 0.6) is 0 Å². The van der Waals surface area contributed by atoms with E-state index in [0.29, 0.717) is 18.5 Å². The zero-order valence-corrected chi connectivity index (χ0v) is 11.1. The van der Waals surface area contributed by atoms with Crippen LogP contribution in [0.1, 0.15) is 33.1 Å². The molecule has 0 aromatic carbocycles. The highest BCUT2D eigenvalue weighted by atomic mass is 16.2. The molecule has 5 nitrogen and oxygen atoms in total. The van der Waals surface area contributed by atoms with Crippen LogP contribution in [-0.4, -0.2) is 49.5 Å². The molecule has 0 radical (unpaired) electrons. The summed E-state index contributed by atoms with van der Waals surface area (Å²) < 4.78 is 0. The van der Waals surface area contributed by atoms with Gasteiger partial charge in [0, 0.05) is 26.2 Å². The third-order valence-electron chi connectivity index (χ3n) is 2.76. The van der Waals surface area contributed by atoms with Crippen LogP contribution in [0, 0.1) is 0 Å². The first kappa shape index (κ1) is 13.8. The van der Waals surface area contributed by atoms with Gasteiger partial charge in [0.1, 0.15) is 0 Å². The van der Waals surface area contributed by atoms with Gasteiger partial charge in [-0.25, -0.2) is 0 Å². The lowest BCUT2D eigenvalue weighted by Gasteiger charge is -2.27. The van der Waals surface area contributed by atoms with E-state index >= 15 is 0 Å². The number of likely N-dealkylation sites (tertiary alicyclic amines) is 1. The van der Waals surface area contributed by atoms with Gasteiger partial charge in [0.2, 0.25) is 5.91 Å². The van der Waals surface area contributed by atoms with Crippen LogP contribution in [-0.2, 0) is 4.79 Å². The Bertz CT molecular complexity index is 270. The number of guanidine groups is 1. The first-order valence-electron chi connectivity index (χ1n) is 6.38. The molecule has 0 aromatic rings. The van der Waals surface area contributed by atoms with E-state index in [1.54, 1.807) is 7.05 Å². The molecule has 0 saturated carbocycles. The summed E-state index contributed by atoms with van der Waals surface area (Å²) in [5.74, 6) is 0.849. The van der Waals surface area contributed by atoms with Crippen LogP contribution >= 0.6 is 0 Å². The maximum Gasteiger partial charge on any atom is 0.241 e. The largest absolute Gasteiger partial charge is 0.354 e. The van der Waals surface area contributed by atoms with Crippen LogP contribution in [0.4, 0.5) is 0 Å². The van der Waals surface area contributed by atoms with E-state index < -0.39 is 0 Å². The quantitative estimate of drug-likeness (QED) is 0.560. The second-order valence-electron chi connectivity index (χ2n) is 4.67. The number of carbonyl (C=O) groups excluding carboxylic acids is 1. The summed E-state index contributed by atoms with van der Waals surface area (Å²) >= 11 is 0. The van der Waals surface area contributed by atoms with Gasteiger partial charge in [0.05, 0.1) is 6.54 Å². The topological polar surface area (TPSA) is 56.7 Å². The summed E-state index contributed by atoms with van der Waals surface area (Å²) in [6.07, 6.45) is 3.50. The van der Waals surface area contributed by atoms with Gasteiger partial charge in [-0.1, -0.05) is 0 Å². The second-order valence-corrected chi connectivity index (χ2v) is 4.67. The average Bonchev–Trinajstić information content (AvgIpc) is 2.34. The summed E-state index contributed by atoms with van der Waals surface area (Å²) in [4.78, 5) is 17.9. The number of nitrogens with one attached hydrogen (secondary N) is 2. The van der Waals surface area contributed by atoms with Crippen molar-refractivity contribution < 1.29 is 4.79 Å². The predicted molar refractivity (Wildman–Crippen MR) is 70.1 cm³/mol. The molecule has 1 rings (SSSR count). The Hall–Kier alpha value is -1.26. The van der Waals surface area contributed by atoms with E-state index in [2.05, 4.69) is 15.6 Å². The standard InChI is InChI=1S/C12H24N4O/c1-10(2)15-12(13-3)14-9-11(17)16-7-5-4-6-8-16/h10H,4-9H2,1-3H3,(H2,13,14,15). The van der Waals surface area contributed by atoms with Crippen molar-refractivity contribution in [3.8, 4) is 0 Å². The van der Waals surface area contributed by atoms with Crippen molar-refractivity contribution in [2.45, 2.75) is 39.2 Å². The second kappa shape index (κ2) is 7.14. The Morgan fingerprint density at radius 3 is 2.47 bits per heavy atom. The minimum Gasteiger partial charge on any atom is -0.354 e. The highest BCUT2D eigenvalue weighted by molar-refractivity contribution is 5.86. The minimum atomic E-state index is 0.163. The first-order chi connectivity index (χ1) is 8.13. The van der Waals surface area contributed by atoms with Gasteiger partial charge in [-0.05, 0) is 33.1 Å². The molecule has 0 bridgehead atoms. The molecule has 5 heteroatoms. The maximum atomic E-state index is 11.9. The first-order valence-corrected chi connectivity index (χ1v) is 6.38. The van der Waals surface area contributed by atoms with Gasteiger partial charge in [-0.15, -0.1) is 0 Å². The molecule has 1 amide bonds. The Morgan fingerprint density at radius 2 is 1.94 bits per heavy atom. The summed E-state index contributed by atoms with van der Waals surface area (Å²) in [6, 6.07) is 0.311. The zero-order chi connectivity index (χ0) is 12.7. The smallest absolute Gasteiger partial charge is 0.241 e. The van der Waals surface area contributed by atoms with Gasteiger partial charge >= 0.3 is 0 Å². The van der Waals surface area contributed by atoms with Gasteiger partial charge in [-0.2, -0.15) is 0 Å². The molecule has 17 heavy (non-hydrogen) atoms. The Morgan fingerprint density at radius 1 is 1.29 bits per heavy atom. The van der Waals surface area contributed by atoms with Crippen LogP contribution in [0.15, 0.2) is 4.99 Å². The summed E-state index contributed by atoms with van der Waals surface area (Å²) in [5.41, 5.74) is 0. The molecule has 1 saturated heterocycles. The number of hydrogen-bond donors (Lipinski definition) is 2. The molecule has 0 aliphatic carbocycles. The zero-order valence-electron chi connectivity index (χ0n) is 11.1. The summed E-state index contributed by atoms with van der Waals surface area (Å²) in [7, 11) is 1.71. The third-order valence-corrected chi connectivity index (χ3v) is 2.76. The van der Waals surface area contributed by atoms with E-state index in [1.807, 2.05) is 18.7 Å². The van der Waals surface area contributed by atoms with Gasteiger partial charge in [0.15, 0.2) is 5.96 Å². The van der Waals surface area contributed by atoms with Crippen molar-refractivity contribution >= 4 is 11.9 Å². The van der Waals surface area contributed by atoms with Crippen LogP contribution < -0.4 is 10.6 Å². The number of nitrogens with zero attached hydrogens (tertiary/aromatic N) is 2. The Labute approximate surface area is 104 Å². The molecule has 2 N–H and O–H groups in total. The molecule has 0 aromatic heterocycles. The van der Waals surface area contributed by atoms with Gasteiger partial charge in [-0.3, -0.25) is 9.79 Å². The van der Waals surface area contributed by atoms with Crippen molar-refractivity contribution in [3.63, 3.8) is 0 Å². The number of amides is 1. The number of piperidine rings is 1.